The Hall–Kier alpha value is -2.59. The van der Waals surface area contributed by atoms with Gasteiger partial charge in [-0.05, 0) is 37.4 Å². The summed E-state index contributed by atoms with van der Waals surface area (Å²) < 4.78 is 0. The van der Waals surface area contributed by atoms with Gasteiger partial charge in [0, 0.05) is 17.1 Å². The molecule has 0 amide bonds. The molecule has 0 spiro atoms. The number of para-hydroxylation sites is 1. The van der Waals surface area contributed by atoms with Crippen molar-refractivity contribution < 1.29 is 9.90 Å². The third-order valence-electron chi connectivity index (χ3n) is 3.92. The van der Waals surface area contributed by atoms with Crippen molar-refractivity contribution in [3.63, 3.8) is 0 Å². The smallest absolute Gasteiger partial charge is 0.336 e. The van der Waals surface area contributed by atoms with Crippen LogP contribution in [0.15, 0.2) is 54.7 Å². The Morgan fingerprint density at radius 1 is 1.05 bits per heavy atom. The Morgan fingerprint density at radius 2 is 1.73 bits per heavy atom. The molecular weight excluding hydrogens is 276 g/mol. The quantitative estimate of drug-likeness (QED) is 0.774. The zero-order chi connectivity index (χ0) is 15.7. The summed E-state index contributed by atoms with van der Waals surface area (Å²) in [5.74, 6) is -0.901. The van der Waals surface area contributed by atoms with Crippen molar-refractivity contribution in [3.8, 4) is 0 Å². The van der Waals surface area contributed by atoms with Crippen LogP contribution >= 0.6 is 0 Å². The highest BCUT2D eigenvalue weighted by atomic mass is 16.4. The van der Waals surface area contributed by atoms with E-state index in [0.29, 0.717) is 5.56 Å². The van der Waals surface area contributed by atoms with Crippen molar-refractivity contribution >= 4 is 16.9 Å². The summed E-state index contributed by atoms with van der Waals surface area (Å²) >= 11 is 0. The second kappa shape index (κ2) is 5.66. The van der Waals surface area contributed by atoms with Crippen molar-refractivity contribution in [2.45, 2.75) is 6.04 Å². The number of nitrogens with zero attached hydrogens (tertiary/aromatic N) is 1. The summed E-state index contributed by atoms with van der Waals surface area (Å²) in [5.41, 5.74) is 3.27. The molecule has 4 nitrogen and oxygen atoms in total. The number of aromatic nitrogens is 1. The number of H-pyrrole nitrogens is 1. The summed E-state index contributed by atoms with van der Waals surface area (Å²) in [6.45, 7) is 0. The lowest BCUT2D eigenvalue weighted by molar-refractivity contribution is 0.0694. The van der Waals surface area contributed by atoms with Gasteiger partial charge < -0.3 is 10.1 Å². The molecular formula is C18H18N2O2. The lowest BCUT2D eigenvalue weighted by atomic mass is 9.93. The second-order valence-corrected chi connectivity index (χ2v) is 5.55. The Balaban J connectivity index is 2.22. The van der Waals surface area contributed by atoms with Crippen molar-refractivity contribution in [2.75, 3.05) is 14.1 Å². The number of aromatic amines is 1. The number of rotatable bonds is 4. The highest BCUT2D eigenvalue weighted by Gasteiger charge is 2.24. The van der Waals surface area contributed by atoms with E-state index in [1.54, 1.807) is 12.1 Å². The van der Waals surface area contributed by atoms with E-state index in [9.17, 15) is 9.90 Å². The van der Waals surface area contributed by atoms with E-state index in [-0.39, 0.29) is 6.04 Å². The fourth-order valence-electron chi connectivity index (χ4n) is 2.97. The first-order valence-corrected chi connectivity index (χ1v) is 7.14. The topological polar surface area (TPSA) is 56.3 Å². The first kappa shape index (κ1) is 14.4. The largest absolute Gasteiger partial charge is 0.478 e. The van der Waals surface area contributed by atoms with Crippen LogP contribution in [0.5, 0.6) is 0 Å². The predicted octanol–water partition coefficient (Wildman–Crippen LogP) is 3.52. The van der Waals surface area contributed by atoms with Crippen molar-refractivity contribution in [3.05, 3.63) is 71.4 Å². The van der Waals surface area contributed by atoms with Gasteiger partial charge in [0.05, 0.1) is 11.6 Å². The lowest BCUT2D eigenvalue weighted by Crippen LogP contribution is -2.23. The number of carboxylic acid groups (broad SMARTS) is 1. The monoisotopic (exact) mass is 294 g/mol. The Labute approximate surface area is 129 Å². The van der Waals surface area contributed by atoms with Crippen molar-refractivity contribution in [2.24, 2.45) is 0 Å². The van der Waals surface area contributed by atoms with Crippen LogP contribution in [0.2, 0.25) is 0 Å². The number of fused-ring (bicyclic) bond motifs is 1. The maximum Gasteiger partial charge on any atom is 0.336 e. The van der Waals surface area contributed by atoms with E-state index in [2.05, 4.69) is 11.1 Å². The van der Waals surface area contributed by atoms with Crippen molar-refractivity contribution in [1.29, 1.82) is 0 Å². The first-order valence-electron chi connectivity index (χ1n) is 7.14. The molecule has 0 aliphatic rings. The Morgan fingerprint density at radius 3 is 2.45 bits per heavy atom. The molecule has 0 saturated carbocycles. The number of carbonyl (C=O) groups is 1. The lowest BCUT2D eigenvalue weighted by Gasteiger charge is -2.26. The van der Waals surface area contributed by atoms with E-state index >= 15 is 0 Å². The molecule has 112 valence electrons. The molecule has 0 fully saturated rings. The minimum atomic E-state index is -0.901. The van der Waals surface area contributed by atoms with E-state index in [0.717, 1.165) is 22.0 Å². The molecule has 0 saturated heterocycles. The molecule has 1 atom stereocenters. The summed E-state index contributed by atoms with van der Waals surface area (Å²) in [6, 6.07) is 15.1. The minimum absolute atomic E-state index is 0.122. The molecule has 1 aromatic heterocycles. The molecule has 0 aliphatic heterocycles. The summed E-state index contributed by atoms with van der Waals surface area (Å²) in [4.78, 5) is 16.9. The van der Waals surface area contributed by atoms with Gasteiger partial charge in [0.2, 0.25) is 0 Å². The average Bonchev–Trinajstić information content (AvgIpc) is 2.92. The van der Waals surface area contributed by atoms with Gasteiger partial charge in [-0.25, -0.2) is 4.79 Å². The first-order chi connectivity index (χ1) is 10.6. The van der Waals surface area contributed by atoms with Crippen LogP contribution in [0.4, 0.5) is 0 Å². The number of hydrogen-bond donors (Lipinski definition) is 2. The van der Waals surface area contributed by atoms with Crippen LogP contribution < -0.4 is 0 Å². The normalized spacial score (nSPS) is 12.7. The standard InChI is InChI=1S/C18H18N2O2/c1-20(2)17(13-8-3-4-9-14(13)18(21)22)15-11-19-16-10-6-5-7-12(15)16/h3-11,17,19H,1-2H3,(H,21,22). The molecule has 2 N–H and O–H groups in total. The molecule has 1 heterocycles. The zero-order valence-electron chi connectivity index (χ0n) is 12.6. The molecule has 0 bridgehead atoms. The number of nitrogens with one attached hydrogen (secondary N) is 1. The van der Waals surface area contributed by atoms with E-state index in [1.807, 2.05) is 55.5 Å². The van der Waals surface area contributed by atoms with Gasteiger partial charge in [-0.1, -0.05) is 36.4 Å². The van der Waals surface area contributed by atoms with Gasteiger partial charge in [0.25, 0.3) is 0 Å². The number of aromatic carboxylic acids is 1. The van der Waals surface area contributed by atoms with Crippen LogP contribution in [0.25, 0.3) is 10.9 Å². The molecule has 22 heavy (non-hydrogen) atoms. The van der Waals surface area contributed by atoms with Crippen LogP contribution in [-0.4, -0.2) is 35.1 Å². The van der Waals surface area contributed by atoms with Crippen LogP contribution in [0, 0.1) is 0 Å². The Bertz CT molecular complexity index is 821. The maximum atomic E-state index is 11.6. The average molecular weight is 294 g/mol. The summed E-state index contributed by atoms with van der Waals surface area (Å²) in [5, 5.41) is 10.6. The van der Waals surface area contributed by atoms with Gasteiger partial charge in [0.15, 0.2) is 0 Å². The SMILES string of the molecule is CN(C)C(c1ccccc1C(=O)O)c1c[nH]c2ccccc12. The fraction of sp³-hybridized carbons (Fsp3) is 0.167. The molecule has 2 aromatic carbocycles. The zero-order valence-corrected chi connectivity index (χ0v) is 12.6. The molecule has 3 aromatic rings. The summed E-state index contributed by atoms with van der Waals surface area (Å²) in [6.07, 6.45) is 1.97. The molecule has 3 rings (SSSR count). The van der Waals surface area contributed by atoms with Gasteiger partial charge in [-0.2, -0.15) is 0 Å². The Kier molecular flexibility index (Phi) is 3.69. The molecule has 0 radical (unpaired) electrons. The predicted molar refractivity (Wildman–Crippen MR) is 87.2 cm³/mol. The minimum Gasteiger partial charge on any atom is -0.478 e. The van der Waals surface area contributed by atoms with Gasteiger partial charge in [-0.3, -0.25) is 4.90 Å². The maximum absolute atomic E-state index is 11.6. The van der Waals surface area contributed by atoms with Crippen molar-refractivity contribution in [1.82, 2.24) is 9.88 Å². The fourth-order valence-corrected chi connectivity index (χ4v) is 2.97. The second-order valence-electron chi connectivity index (χ2n) is 5.55. The molecule has 0 aliphatic carbocycles. The van der Waals surface area contributed by atoms with E-state index in [4.69, 9.17) is 0 Å². The number of hydrogen-bond acceptors (Lipinski definition) is 2. The van der Waals surface area contributed by atoms with Gasteiger partial charge in [-0.15, -0.1) is 0 Å². The highest BCUT2D eigenvalue weighted by molar-refractivity contribution is 5.90. The third-order valence-corrected chi connectivity index (χ3v) is 3.92. The highest BCUT2D eigenvalue weighted by Crippen LogP contribution is 2.33. The van der Waals surface area contributed by atoms with Crippen LogP contribution in [0.3, 0.4) is 0 Å². The number of carboxylic acids is 1. The van der Waals surface area contributed by atoms with Gasteiger partial charge >= 0.3 is 5.97 Å². The summed E-state index contributed by atoms with van der Waals surface area (Å²) in [7, 11) is 3.93. The number of benzene rings is 2. The third kappa shape index (κ3) is 2.38. The molecule has 1 unspecified atom stereocenters. The molecule has 4 heteroatoms. The van der Waals surface area contributed by atoms with E-state index < -0.39 is 5.97 Å². The van der Waals surface area contributed by atoms with Crippen LogP contribution in [-0.2, 0) is 0 Å². The van der Waals surface area contributed by atoms with E-state index in [1.165, 1.54) is 0 Å². The van der Waals surface area contributed by atoms with Gasteiger partial charge in [0.1, 0.15) is 0 Å². The van der Waals surface area contributed by atoms with Crippen LogP contribution in [0.1, 0.15) is 27.5 Å².